The van der Waals surface area contributed by atoms with Crippen LogP contribution in [0.4, 0.5) is 0 Å². The van der Waals surface area contributed by atoms with Gasteiger partial charge in [0, 0.05) is 31.3 Å². The fourth-order valence-corrected chi connectivity index (χ4v) is 9.44. The van der Waals surface area contributed by atoms with E-state index in [2.05, 4.69) is 62.8 Å². The molecule has 0 aromatic rings. The van der Waals surface area contributed by atoms with Crippen molar-refractivity contribution in [3.05, 3.63) is 11.6 Å². The number of hydrogen-bond acceptors (Lipinski definition) is 5. The molecule has 6 heteroatoms. The predicted octanol–water partition coefficient (Wildman–Crippen LogP) is 8.96. The zero-order valence-corrected chi connectivity index (χ0v) is 27.9. The lowest BCUT2D eigenvalue weighted by molar-refractivity contribution is -0.159. The summed E-state index contributed by atoms with van der Waals surface area (Å²) in [5, 5.41) is 18.7. The summed E-state index contributed by atoms with van der Waals surface area (Å²) < 4.78 is 0. The lowest BCUT2D eigenvalue weighted by Gasteiger charge is -2.65. The van der Waals surface area contributed by atoms with Gasteiger partial charge < -0.3 is 4.79 Å². The average Bonchev–Trinajstić information content (AvgIpc) is 2.88. The van der Waals surface area contributed by atoms with Crippen LogP contribution in [-0.4, -0.2) is 31.5 Å². The van der Waals surface area contributed by atoms with Crippen LogP contribution in [0.2, 0.25) is 0 Å². The third-order valence-electron chi connectivity index (χ3n) is 12.5. The van der Waals surface area contributed by atoms with Crippen LogP contribution in [0.25, 0.3) is 0 Å². The van der Waals surface area contributed by atoms with Crippen LogP contribution in [0.15, 0.2) is 26.9 Å². The predicted molar refractivity (Wildman–Crippen MR) is 167 cm³/mol. The van der Waals surface area contributed by atoms with Crippen molar-refractivity contribution in [2.45, 2.75) is 127 Å². The zero-order valence-electron chi connectivity index (χ0n) is 27.9. The Morgan fingerprint density at radius 1 is 0.951 bits per heavy atom. The van der Waals surface area contributed by atoms with Crippen molar-refractivity contribution >= 4 is 17.4 Å². The number of aliphatic imine (C=N–C) groups is 1. The number of nitriles is 1. The first-order valence-corrected chi connectivity index (χ1v) is 15.8. The van der Waals surface area contributed by atoms with Crippen molar-refractivity contribution in [1.82, 2.24) is 0 Å². The number of azo groups is 1. The van der Waals surface area contributed by atoms with Crippen molar-refractivity contribution in [1.29, 1.82) is 5.26 Å². The zero-order chi connectivity index (χ0) is 31.1. The maximum atomic E-state index is 13.4. The minimum atomic E-state index is -0.636. The van der Waals surface area contributed by atoms with Crippen molar-refractivity contribution in [2.24, 2.45) is 59.5 Å². The van der Waals surface area contributed by atoms with Crippen molar-refractivity contribution in [3.63, 3.8) is 0 Å². The first kappa shape index (κ1) is 33.3. The molecule has 0 aromatic heterocycles. The van der Waals surface area contributed by atoms with E-state index in [9.17, 15) is 14.9 Å². The molecule has 3 aliphatic carbocycles. The van der Waals surface area contributed by atoms with Crippen LogP contribution in [0.1, 0.15) is 127 Å². The monoisotopic (exact) mass is 564 g/mol. The molecule has 2 saturated carbocycles. The number of fused-ring (bicyclic) bond motifs is 1. The van der Waals surface area contributed by atoms with Gasteiger partial charge in [0.2, 0.25) is 0 Å². The van der Waals surface area contributed by atoms with E-state index < -0.39 is 10.8 Å². The molecular weight excluding hydrogens is 508 g/mol. The summed E-state index contributed by atoms with van der Waals surface area (Å²) in [5.41, 5.74) is -0.974. The molecule has 0 aromatic carbocycles. The summed E-state index contributed by atoms with van der Waals surface area (Å²) in [6, 6.07) is 2.24. The highest BCUT2D eigenvalue weighted by atomic mass is 16.1. The Bertz CT molecular complexity index is 1170. The molecule has 6 atom stereocenters. The fourth-order valence-electron chi connectivity index (χ4n) is 9.44. The van der Waals surface area contributed by atoms with Gasteiger partial charge in [0.25, 0.3) is 0 Å². The number of amidine groups is 1. The highest BCUT2D eigenvalue weighted by Gasteiger charge is 2.64. The number of rotatable bonds is 4. The number of ketones is 2. The van der Waals surface area contributed by atoms with Gasteiger partial charge in [-0.1, -0.05) is 67.9 Å². The molecule has 0 saturated heterocycles. The van der Waals surface area contributed by atoms with Gasteiger partial charge in [0.05, 0.1) is 5.57 Å². The summed E-state index contributed by atoms with van der Waals surface area (Å²) in [6.45, 7) is 20.0. The van der Waals surface area contributed by atoms with Gasteiger partial charge in [-0.2, -0.15) is 10.4 Å². The van der Waals surface area contributed by atoms with Crippen LogP contribution < -0.4 is 0 Å². The molecule has 0 spiro atoms. The Hall–Kier alpha value is -2.16. The molecule has 0 radical (unpaired) electrons. The maximum Gasteiger partial charge on any atom is 0.178 e. The summed E-state index contributed by atoms with van der Waals surface area (Å²) in [5.74, 6) is 1.08. The summed E-state index contributed by atoms with van der Waals surface area (Å²) in [6.07, 6.45) is 11.8. The molecule has 6 nitrogen and oxygen atoms in total. The van der Waals surface area contributed by atoms with E-state index >= 15 is 0 Å². The number of carbonyl (C=O) groups excluding carboxylic acids is 2. The van der Waals surface area contributed by atoms with Crippen molar-refractivity contribution in [3.8, 4) is 6.07 Å². The maximum absolute atomic E-state index is 13.4. The third-order valence-corrected chi connectivity index (χ3v) is 12.5. The highest BCUT2D eigenvalue weighted by Crippen LogP contribution is 2.69. The number of carbonyl (C=O) groups is 2. The number of Topliss-reactive ketones (excluding diaryl/α,β-unsaturated/α-hetero) is 2. The van der Waals surface area contributed by atoms with Gasteiger partial charge in [0.1, 0.15) is 11.9 Å². The first-order valence-electron chi connectivity index (χ1n) is 15.8. The Morgan fingerprint density at radius 3 is 2.15 bits per heavy atom. The van der Waals surface area contributed by atoms with Crippen LogP contribution in [0.3, 0.4) is 0 Å². The van der Waals surface area contributed by atoms with E-state index in [1.165, 1.54) is 0 Å². The highest BCUT2D eigenvalue weighted by molar-refractivity contribution is 6.04. The number of allylic oxidation sites excluding steroid dienone is 2. The number of hydrogen-bond donors (Lipinski definition) is 0. The molecular formula is C35H56N4O2. The van der Waals surface area contributed by atoms with Crippen molar-refractivity contribution < 1.29 is 9.59 Å². The van der Waals surface area contributed by atoms with Gasteiger partial charge in [-0.15, -0.1) is 5.11 Å². The lowest BCUT2D eigenvalue weighted by atomic mass is 9.38. The molecule has 3 rings (SSSR count). The first-order chi connectivity index (χ1) is 18.9. The largest absolute Gasteiger partial charge is 0.300 e. The van der Waals surface area contributed by atoms with E-state index in [4.69, 9.17) is 0 Å². The summed E-state index contributed by atoms with van der Waals surface area (Å²) >= 11 is 0. The van der Waals surface area contributed by atoms with Gasteiger partial charge in [-0.25, -0.2) is 0 Å². The Morgan fingerprint density at radius 2 is 1.59 bits per heavy atom. The second-order valence-corrected chi connectivity index (χ2v) is 16.0. The second-order valence-electron chi connectivity index (χ2n) is 16.0. The molecule has 0 amide bonds. The molecule has 228 valence electrons. The minimum Gasteiger partial charge on any atom is -0.300 e. The standard InChI is InChI=1S/C35H56N4O2/c1-24(40)21-27-34(8)22-25(23-36)28(41)31(4,5)26(34)13-16-35(27,9)33(7)15-12-14-30(2,3)17-18-32(6,19-20-33)29(37-10)39-38-11/h22,26-27H,12-21H2,1-11H3/b37-29-,39-38-/t26-,27+,32-,33-,34-,35+/m0/s1. The quantitative estimate of drug-likeness (QED) is 0.194. The number of nitrogens with zero attached hydrogens (tertiary/aromatic N) is 4. The van der Waals surface area contributed by atoms with Gasteiger partial charge >= 0.3 is 0 Å². The van der Waals surface area contributed by atoms with Crippen LogP contribution in [0.5, 0.6) is 0 Å². The van der Waals surface area contributed by atoms with E-state index in [-0.39, 0.29) is 50.6 Å². The van der Waals surface area contributed by atoms with Crippen LogP contribution in [-0.2, 0) is 9.59 Å². The van der Waals surface area contributed by atoms with Gasteiger partial charge in [-0.3, -0.25) is 9.79 Å². The second kappa shape index (κ2) is 11.5. The van der Waals surface area contributed by atoms with Crippen LogP contribution >= 0.6 is 0 Å². The fraction of sp³-hybridized carbons (Fsp3) is 0.829. The van der Waals surface area contributed by atoms with E-state index in [1.54, 1.807) is 14.0 Å². The Kier molecular flexibility index (Phi) is 9.35. The minimum absolute atomic E-state index is 0.0313. The molecule has 0 unspecified atom stereocenters. The summed E-state index contributed by atoms with van der Waals surface area (Å²) in [4.78, 5) is 31.0. The normalized spacial score (nSPS) is 39.9. The van der Waals surface area contributed by atoms with Gasteiger partial charge in [-0.05, 0) is 91.8 Å². The third kappa shape index (κ3) is 5.89. The average molecular weight is 565 g/mol. The molecule has 0 N–H and O–H groups in total. The molecule has 41 heavy (non-hydrogen) atoms. The Labute approximate surface area is 249 Å². The molecule has 3 aliphatic rings. The molecule has 0 heterocycles. The van der Waals surface area contributed by atoms with E-state index in [1.807, 2.05) is 27.0 Å². The summed E-state index contributed by atoms with van der Waals surface area (Å²) in [7, 11) is 3.55. The molecule has 0 bridgehead atoms. The van der Waals surface area contributed by atoms with Crippen LogP contribution in [0, 0.1) is 55.7 Å². The lowest BCUT2D eigenvalue weighted by Crippen LogP contribution is -2.60. The molecule has 2 fully saturated rings. The SMILES string of the molecule is C/N=N\C(=N/C)[C@@]1(C)CCC(C)(C)CCC[C@](C)([C@]2(C)CC[C@H]3C(C)(C)C(=O)C(C#N)=C[C@]3(C)[C@H]2CC(C)=O)CC1. The van der Waals surface area contributed by atoms with E-state index in [0.29, 0.717) is 6.42 Å². The van der Waals surface area contributed by atoms with E-state index in [0.717, 1.165) is 63.6 Å². The van der Waals surface area contributed by atoms with Crippen molar-refractivity contribution in [2.75, 3.05) is 14.1 Å². The topological polar surface area (TPSA) is 95.0 Å². The van der Waals surface area contributed by atoms with Gasteiger partial charge in [0.15, 0.2) is 11.6 Å². The Balaban J connectivity index is 2.19. The smallest absolute Gasteiger partial charge is 0.178 e. The molecule has 0 aliphatic heterocycles.